The summed E-state index contributed by atoms with van der Waals surface area (Å²) in [5.41, 5.74) is -0.356. The molecular formula is C12H18N2O4S. The van der Waals surface area contributed by atoms with E-state index in [2.05, 4.69) is 10.0 Å². The third-order valence-electron chi connectivity index (χ3n) is 2.24. The van der Waals surface area contributed by atoms with Gasteiger partial charge in [0, 0.05) is 18.3 Å². The van der Waals surface area contributed by atoms with Gasteiger partial charge >= 0.3 is 5.97 Å². The molecule has 0 atom stereocenters. The fourth-order valence-electron chi connectivity index (χ4n) is 1.55. The van der Waals surface area contributed by atoms with Crippen molar-refractivity contribution in [1.29, 1.82) is 0 Å². The Hall–Kier alpha value is -1.60. The third kappa shape index (κ3) is 3.93. The van der Waals surface area contributed by atoms with Gasteiger partial charge in [-0.25, -0.2) is 17.9 Å². The average molecular weight is 286 g/mol. The highest BCUT2D eigenvalue weighted by Crippen LogP contribution is 2.21. The minimum Gasteiger partial charge on any atom is -0.478 e. The van der Waals surface area contributed by atoms with Crippen molar-refractivity contribution in [3.63, 3.8) is 0 Å². The number of carboxylic acid groups (broad SMARTS) is 1. The molecule has 7 heteroatoms. The molecule has 0 aromatic heterocycles. The van der Waals surface area contributed by atoms with Gasteiger partial charge < -0.3 is 10.4 Å². The van der Waals surface area contributed by atoms with Gasteiger partial charge in [-0.05, 0) is 39.0 Å². The highest BCUT2D eigenvalue weighted by molar-refractivity contribution is 7.89. The van der Waals surface area contributed by atoms with Crippen molar-refractivity contribution in [3.8, 4) is 0 Å². The molecule has 0 bridgehead atoms. The number of aromatic carboxylic acids is 1. The minimum absolute atomic E-state index is 0.0705. The molecule has 0 heterocycles. The molecule has 0 fully saturated rings. The normalized spacial score (nSPS) is 12.2. The zero-order valence-electron chi connectivity index (χ0n) is 11.3. The summed E-state index contributed by atoms with van der Waals surface area (Å²) >= 11 is 0. The van der Waals surface area contributed by atoms with E-state index in [9.17, 15) is 13.2 Å². The Morgan fingerprint density at radius 3 is 2.26 bits per heavy atom. The number of hydrogen-bond acceptors (Lipinski definition) is 4. The first kappa shape index (κ1) is 15.5. The number of carbonyl (C=O) groups is 1. The van der Waals surface area contributed by atoms with Crippen LogP contribution < -0.4 is 10.0 Å². The summed E-state index contributed by atoms with van der Waals surface area (Å²) in [4.78, 5) is 11.0. The summed E-state index contributed by atoms with van der Waals surface area (Å²) in [5, 5.41) is 11.8. The lowest BCUT2D eigenvalue weighted by Crippen LogP contribution is -2.40. The number of benzene rings is 1. The summed E-state index contributed by atoms with van der Waals surface area (Å²) in [6.07, 6.45) is 0. The van der Waals surface area contributed by atoms with Crippen LogP contribution in [0, 0.1) is 0 Å². The standard InChI is InChI=1S/C12H18N2O4S/c1-12(2,3)14-19(17,18)8-5-6-10(13-4)9(7-8)11(15)16/h5-7,13-14H,1-4H3,(H,15,16). The maximum Gasteiger partial charge on any atom is 0.337 e. The smallest absolute Gasteiger partial charge is 0.337 e. The molecule has 0 radical (unpaired) electrons. The van der Waals surface area contributed by atoms with E-state index in [1.807, 2.05) is 0 Å². The average Bonchev–Trinajstić information content (AvgIpc) is 2.24. The molecule has 106 valence electrons. The van der Waals surface area contributed by atoms with Crippen LogP contribution in [0.25, 0.3) is 0 Å². The Bertz CT molecular complexity index is 588. The molecule has 0 amide bonds. The Labute approximate surface area is 112 Å². The number of carboxylic acids is 1. The lowest BCUT2D eigenvalue weighted by atomic mass is 10.1. The van der Waals surface area contributed by atoms with Crippen molar-refractivity contribution < 1.29 is 18.3 Å². The van der Waals surface area contributed by atoms with Crippen LogP contribution in [0.2, 0.25) is 0 Å². The molecule has 1 rings (SSSR count). The van der Waals surface area contributed by atoms with Crippen LogP contribution in [0.1, 0.15) is 31.1 Å². The van der Waals surface area contributed by atoms with E-state index in [1.165, 1.54) is 12.1 Å². The maximum atomic E-state index is 12.1. The molecule has 0 saturated heterocycles. The molecule has 1 aromatic carbocycles. The van der Waals surface area contributed by atoms with Gasteiger partial charge in [0.25, 0.3) is 0 Å². The van der Waals surface area contributed by atoms with Gasteiger partial charge in [0.1, 0.15) is 0 Å². The molecule has 0 aliphatic carbocycles. The summed E-state index contributed by atoms with van der Waals surface area (Å²) in [6.45, 7) is 5.14. The van der Waals surface area contributed by atoms with Crippen molar-refractivity contribution in [3.05, 3.63) is 23.8 Å². The van der Waals surface area contributed by atoms with Crippen LogP contribution in [0.4, 0.5) is 5.69 Å². The number of nitrogens with one attached hydrogen (secondary N) is 2. The summed E-state index contributed by atoms with van der Waals surface area (Å²) in [7, 11) is -2.17. The van der Waals surface area contributed by atoms with E-state index >= 15 is 0 Å². The number of sulfonamides is 1. The van der Waals surface area contributed by atoms with Crippen LogP contribution in [0.15, 0.2) is 23.1 Å². The predicted molar refractivity (Wildman–Crippen MR) is 73.0 cm³/mol. The van der Waals surface area contributed by atoms with Crippen LogP contribution in [0.3, 0.4) is 0 Å². The number of rotatable bonds is 4. The molecule has 3 N–H and O–H groups in total. The summed E-state index contributed by atoms with van der Waals surface area (Å²) in [6, 6.07) is 3.94. The van der Waals surface area contributed by atoms with E-state index in [0.717, 1.165) is 6.07 Å². The van der Waals surface area contributed by atoms with E-state index in [0.29, 0.717) is 5.69 Å². The van der Waals surface area contributed by atoms with Gasteiger partial charge in [-0.15, -0.1) is 0 Å². The summed E-state index contributed by atoms with van der Waals surface area (Å²) in [5.74, 6) is -1.18. The van der Waals surface area contributed by atoms with Crippen LogP contribution >= 0.6 is 0 Å². The monoisotopic (exact) mass is 286 g/mol. The molecule has 1 aromatic rings. The maximum absolute atomic E-state index is 12.1. The molecule has 0 saturated carbocycles. The first-order chi connectivity index (χ1) is 8.57. The van der Waals surface area contributed by atoms with Crippen LogP contribution in [0.5, 0.6) is 0 Å². The van der Waals surface area contributed by atoms with Crippen molar-refractivity contribution >= 4 is 21.7 Å². The van der Waals surface area contributed by atoms with Crippen molar-refractivity contribution in [2.75, 3.05) is 12.4 Å². The fraction of sp³-hybridized carbons (Fsp3) is 0.417. The summed E-state index contributed by atoms with van der Waals surface area (Å²) < 4.78 is 26.7. The predicted octanol–water partition coefficient (Wildman–Crippen LogP) is 1.50. The van der Waals surface area contributed by atoms with E-state index in [1.54, 1.807) is 27.8 Å². The van der Waals surface area contributed by atoms with E-state index in [4.69, 9.17) is 5.11 Å². The van der Waals surface area contributed by atoms with Gasteiger partial charge in [-0.3, -0.25) is 0 Å². The minimum atomic E-state index is -3.74. The topological polar surface area (TPSA) is 95.5 Å². The van der Waals surface area contributed by atoms with Gasteiger partial charge in [0.15, 0.2) is 0 Å². The highest BCUT2D eigenvalue weighted by atomic mass is 32.2. The second kappa shape index (κ2) is 5.18. The van der Waals surface area contributed by atoms with Crippen molar-refractivity contribution in [2.45, 2.75) is 31.2 Å². The second-order valence-electron chi connectivity index (χ2n) is 5.12. The highest BCUT2D eigenvalue weighted by Gasteiger charge is 2.23. The zero-order valence-corrected chi connectivity index (χ0v) is 12.1. The fourth-order valence-corrected chi connectivity index (χ4v) is 2.99. The Morgan fingerprint density at radius 2 is 1.84 bits per heavy atom. The first-order valence-corrected chi connectivity index (χ1v) is 7.14. The lowest BCUT2D eigenvalue weighted by Gasteiger charge is -2.20. The number of anilines is 1. The van der Waals surface area contributed by atoms with Gasteiger partial charge in [-0.2, -0.15) is 0 Å². The third-order valence-corrected chi connectivity index (χ3v) is 4.00. The van der Waals surface area contributed by atoms with Gasteiger partial charge in [-0.1, -0.05) is 0 Å². The first-order valence-electron chi connectivity index (χ1n) is 5.66. The van der Waals surface area contributed by atoms with Crippen LogP contribution in [-0.2, 0) is 10.0 Å². The molecule has 0 aliphatic rings. The van der Waals surface area contributed by atoms with Crippen LogP contribution in [-0.4, -0.2) is 32.1 Å². The Kier molecular flexibility index (Phi) is 4.21. The SMILES string of the molecule is CNc1ccc(S(=O)(=O)NC(C)(C)C)cc1C(=O)O. The van der Waals surface area contributed by atoms with Crippen molar-refractivity contribution in [2.24, 2.45) is 0 Å². The quantitative estimate of drug-likeness (QED) is 0.779. The molecule has 19 heavy (non-hydrogen) atoms. The largest absolute Gasteiger partial charge is 0.478 e. The number of hydrogen-bond donors (Lipinski definition) is 3. The van der Waals surface area contributed by atoms with E-state index in [-0.39, 0.29) is 10.5 Å². The zero-order chi connectivity index (χ0) is 14.8. The molecule has 6 nitrogen and oxygen atoms in total. The van der Waals surface area contributed by atoms with Gasteiger partial charge in [0.2, 0.25) is 10.0 Å². The van der Waals surface area contributed by atoms with Crippen molar-refractivity contribution in [1.82, 2.24) is 4.72 Å². The van der Waals surface area contributed by atoms with E-state index < -0.39 is 21.5 Å². The molecule has 0 spiro atoms. The second-order valence-corrected chi connectivity index (χ2v) is 6.80. The molecule has 0 unspecified atom stereocenters. The Morgan fingerprint density at radius 1 is 1.26 bits per heavy atom. The molecule has 0 aliphatic heterocycles. The Balaban J connectivity index is 3.30. The molecular weight excluding hydrogens is 268 g/mol. The lowest BCUT2D eigenvalue weighted by molar-refractivity contribution is 0.0697. The van der Waals surface area contributed by atoms with Gasteiger partial charge in [0.05, 0.1) is 10.5 Å².